The number of hydrogen-bond donors (Lipinski definition) is 0. The van der Waals surface area contributed by atoms with Crippen LogP contribution >= 0.6 is 0 Å². The zero-order valence-electron chi connectivity index (χ0n) is 15.0. The minimum Gasteiger partial charge on any atom is -0.369 e. The summed E-state index contributed by atoms with van der Waals surface area (Å²) in [6.45, 7) is 3.35. The Balaban J connectivity index is 2.03. The van der Waals surface area contributed by atoms with Crippen molar-refractivity contribution in [1.29, 1.82) is 0 Å². The Kier molecular flexibility index (Phi) is 4.11. The summed E-state index contributed by atoms with van der Waals surface area (Å²) in [5.41, 5.74) is 0.792. The van der Waals surface area contributed by atoms with Crippen LogP contribution in [0.3, 0.4) is 0 Å². The van der Waals surface area contributed by atoms with Gasteiger partial charge in [-0.25, -0.2) is 4.98 Å². The highest BCUT2D eigenvalue weighted by Crippen LogP contribution is 2.34. The maximum absolute atomic E-state index is 13.1. The number of benzene rings is 1. The molecule has 0 spiro atoms. The number of Topliss-reactive ketones (excluding diaryl/α,β-unsaturated/α-hetero) is 1. The molecule has 1 aliphatic rings. The van der Waals surface area contributed by atoms with Crippen molar-refractivity contribution < 1.29 is 22.7 Å². The van der Waals surface area contributed by atoms with E-state index in [1.165, 1.54) is 29.8 Å². The average Bonchev–Trinajstić information content (AvgIpc) is 3.03. The summed E-state index contributed by atoms with van der Waals surface area (Å²) in [5, 5.41) is 0.576. The Morgan fingerprint density at radius 3 is 2.54 bits per heavy atom. The van der Waals surface area contributed by atoms with Crippen molar-refractivity contribution in [3.05, 3.63) is 69.1 Å². The van der Waals surface area contributed by atoms with Crippen molar-refractivity contribution in [2.45, 2.75) is 32.7 Å². The molecule has 0 aliphatic carbocycles. The third kappa shape index (κ3) is 2.80. The van der Waals surface area contributed by atoms with Crippen LogP contribution in [0.4, 0.5) is 13.2 Å². The molecule has 0 saturated carbocycles. The summed E-state index contributed by atoms with van der Waals surface area (Å²) < 4.78 is 45.5. The van der Waals surface area contributed by atoms with Crippen LogP contribution in [0, 0.1) is 0 Å². The normalized spacial score (nSPS) is 16.4. The van der Waals surface area contributed by atoms with Crippen molar-refractivity contribution >= 4 is 16.8 Å². The Hall–Kier alpha value is -3.00. The van der Waals surface area contributed by atoms with E-state index >= 15 is 0 Å². The lowest BCUT2D eigenvalue weighted by Crippen LogP contribution is -2.25. The van der Waals surface area contributed by atoms with E-state index in [9.17, 15) is 22.8 Å². The van der Waals surface area contributed by atoms with Crippen molar-refractivity contribution in [1.82, 2.24) is 9.55 Å². The second kappa shape index (κ2) is 6.27. The predicted octanol–water partition coefficient (Wildman–Crippen LogP) is 4.20. The van der Waals surface area contributed by atoms with Crippen molar-refractivity contribution in [3.63, 3.8) is 0 Å². The Labute approximate surface area is 157 Å². The largest absolute Gasteiger partial charge is 0.416 e. The van der Waals surface area contributed by atoms with Crippen molar-refractivity contribution in [3.8, 4) is 5.69 Å². The molecular weight excluding hydrogens is 373 g/mol. The standard InChI is InChI=1S/C20H15F3N2O3/c1-10(26)12-7-15-16-9-28-11(2)17(16)19(27)25(18(15)24-8-12)14-5-3-13(4-6-14)20(21,22)23/h3-8,11H,9H2,1-2H3. The molecule has 0 radical (unpaired) electrons. The summed E-state index contributed by atoms with van der Waals surface area (Å²) in [4.78, 5) is 29.2. The minimum atomic E-state index is -4.47. The number of ketones is 1. The summed E-state index contributed by atoms with van der Waals surface area (Å²) in [6.07, 6.45) is -3.58. The number of carbonyl (C=O) groups is 1. The molecule has 0 amide bonds. The number of aromatic nitrogens is 2. The number of nitrogens with zero attached hydrogens (tertiary/aromatic N) is 2. The van der Waals surface area contributed by atoms with Crippen molar-refractivity contribution in [2.75, 3.05) is 0 Å². The molecule has 1 atom stereocenters. The number of alkyl halides is 3. The van der Waals surface area contributed by atoms with Gasteiger partial charge in [-0.3, -0.25) is 14.2 Å². The highest BCUT2D eigenvalue weighted by molar-refractivity contribution is 5.97. The van der Waals surface area contributed by atoms with Crippen LogP contribution in [-0.2, 0) is 17.5 Å². The molecule has 3 aromatic rings. The van der Waals surface area contributed by atoms with Gasteiger partial charge in [0, 0.05) is 22.7 Å². The predicted molar refractivity (Wildman–Crippen MR) is 95.6 cm³/mol. The second-order valence-electron chi connectivity index (χ2n) is 6.68. The Bertz CT molecular complexity index is 1160. The molecule has 144 valence electrons. The fourth-order valence-electron chi connectivity index (χ4n) is 3.45. The molecule has 5 nitrogen and oxygen atoms in total. The zero-order valence-corrected chi connectivity index (χ0v) is 15.0. The Morgan fingerprint density at radius 2 is 1.93 bits per heavy atom. The van der Waals surface area contributed by atoms with E-state index < -0.39 is 23.4 Å². The second-order valence-corrected chi connectivity index (χ2v) is 6.68. The van der Waals surface area contributed by atoms with Gasteiger partial charge in [0.05, 0.1) is 29.5 Å². The van der Waals surface area contributed by atoms with Crippen LogP contribution in [-0.4, -0.2) is 15.3 Å². The lowest BCUT2D eigenvalue weighted by atomic mass is 10.0. The number of rotatable bonds is 2. The lowest BCUT2D eigenvalue weighted by molar-refractivity contribution is -0.137. The SMILES string of the molecule is CC(=O)c1cnc2c(c1)c1c(c(=O)n2-c2ccc(C(F)(F)F)cc2)C(C)OC1. The van der Waals surface area contributed by atoms with Crippen LogP contribution in [0.15, 0.2) is 41.3 Å². The van der Waals surface area contributed by atoms with E-state index in [0.717, 1.165) is 12.1 Å². The third-order valence-electron chi connectivity index (χ3n) is 4.91. The van der Waals surface area contributed by atoms with Crippen LogP contribution < -0.4 is 5.56 Å². The molecule has 1 aromatic carbocycles. The van der Waals surface area contributed by atoms with Gasteiger partial charge in [0.2, 0.25) is 0 Å². The first-order valence-electron chi connectivity index (χ1n) is 8.56. The van der Waals surface area contributed by atoms with E-state index in [1.807, 2.05) is 0 Å². The fourth-order valence-corrected chi connectivity index (χ4v) is 3.45. The number of carbonyl (C=O) groups excluding carboxylic acids is 1. The molecule has 0 saturated heterocycles. The van der Waals surface area contributed by atoms with E-state index in [-0.39, 0.29) is 23.7 Å². The first-order valence-corrected chi connectivity index (χ1v) is 8.56. The number of hydrogen-bond acceptors (Lipinski definition) is 4. The lowest BCUT2D eigenvalue weighted by Gasteiger charge is -2.15. The number of pyridine rings is 2. The van der Waals surface area contributed by atoms with Crippen LogP contribution in [0.5, 0.6) is 0 Å². The average molecular weight is 388 g/mol. The molecule has 2 aromatic heterocycles. The van der Waals surface area contributed by atoms with E-state index in [1.54, 1.807) is 13.0 Å². The molecular formula is C20H15F3N2O3. The molecule has 0 fully saturated rings. The maximum Gasteiger partial charge on any atom is 0.416 e. The molecule has 1 unspecified atom stereocenters. The zero-order chi connectivity index (χ0) is 20.2. The van der Waals surface area contributed by atoms with Gasteiger partial charge in [0.25, 0.3) is 5.56 Å². The van der Waals surface area contributed by atoms with Crippen LogP contribution in [0.25, 0.3) is 16.7 Å². The highest BCUT2D eigenvalue weighted by atomic mass is 19.4. The van der Waals surface area contributed by atoms with Gasteiger partial charge in [0.15, 0.2) is 5.78 Å². The van der Waals surface area contributed by atoms with Gasteiger partial charge in [-0.2, -0.15) is 13.2 Å². The first kappa shape index (κ1) is 18.4. The third-order valence-corrected chi connectivity index (χ3v) is 4.91. The number of halogens is 3. The van der Waals surface area contributed by atoms with E-state index in [2.05, 4.69) is 4.98 Å². The summed E-state index contributed by atoms with van der Waals surface area (Å²) >= 11 is 0. The van der Waals surface area contributed by atoms with Crippen LogP contribution in [0.1, 0.15) is 47.0 Å². The molecule has 28 heavy (non-hydrogen) atoms. The van der Waals surface area contributed by atoms with Gasteiger partial charge in [-0.05, 0) is 44.2 Å². The number of fused-ring (bicyclic) bond motifs is 3. The minimum absolute atomic E-state index is 0.178. The highest BCUT2D eigenvalue weighted by Gasteiger charge is 2.31. The maximum atomic E-state index is 13.1. The summed E-state index contributed by atoms with van der Waals surface area (Å²) in [5.74, 6) is -0.178. The molecule has 0 N–H and O–H groups in total. The van der Waals surface area contributed by atoms with E-state index in [0.29, 0.717) is 22.1 Å². The van der Waals surface area contributed by atoms with E-state index in [4.69, 9.17) is 4.74 Å². The fraction of sp³-hybridized carbons (Fsp3) is 0.250. The molecule has 8 heteroatoms. The molecule has 0 bridgehead atoms. The topological polar surface area (TPSA) is 61.2 Å². The Morgan fingerprint density at radius 1 is 1.25 bits per heavy atom. The van der Waals surface area contributed by atoms with Gasteiger partial charge < -0.3 is 4.74 Å². The van der Waals surface area contributed by atoms with Gasteiger partial charge in [0.1, 0.15) is 5.65 Å². The quantitative estimate of drug-likeness (QED) is 0.618. The summed E-state index contributed by atoms with van der Waals surface area (Å²) in [7, 11) is 0. The van der Waals surface area contributed by atoms with Gasteiger partial charge in [-0.1, -0.05) is 0 Å². The molecule has 1 aliphatic heterocycles. The first-order chi connectivity index (χ1) is 13.2. The molecule has 3 heterocycles. The van der Waals surface area contributed by atoms with Gasteiger partial charge in [-0.15, -0.1) is 0 Å². The smallest absolute Gasteiger partial charge is 0.369 e. The number of ether oxygens (including phenoxy) is 1. The monoisotopic (exact) mass is 388 g/mol. The van der Waals surface area contributed by atoms with Crippen LogP contribution in [0.2, 0.25) is 0 Å². The van der Waals surface area contributed by atoms with Gasteiger partial charge >= 0.3 is 6.18 Å². The molecule has 4 rings (SSSR count). The van der Waals surface area contributed by atoms with Crippen molar-refractivity contribution in [2.24, 2.45) is 0 Å². The summed E-state index contributed by atoms with van der Waals surface area (Å²) in [6, 6.07) is 5.95.